The second kappa shape index (κ2) is 7.42. The maximum Gasteiger partial charge on any atom is 0.174 e. The van der Waals surface area contributed by atoms with E-state index in [2.05, 4.69) is 32.2 Å². The van der Waals surface area contributed by atoms with Crippen molar-refractivity contribution < 1.29 is 9.84 Å². The number of halogens is 1. The van der Waals surface area contributed by atoms with Crippen LogP contribution in [0.1, 0.15) is 11.4 Å². The Morgan fingerprint density at radius 2 is 2.00 bits per heavy atom. The standard InChI is InChI=1S/C19H15BrN4O2/c1-24-18(13-6-4-3-5-7-13)22-23-19(24)14(11-21)8-12-9-15(20)17(25)16(10-12)26-2/h3-10,25H,1-2H3. The molecule has 26 heavy (non-hydrogen) atoms. The van der Waals surface area contributed by atoms with Crippen molar-refractivity contribution in [1.82, 2.24) is 14.8 Å². The Balaban J connectivity index is 2.06. The molecule has 0 aliphatic carbocycles. The molecule has 6 nitrogen and oxygen atoms in total. The summed E-state index contributed by atoms with van der Waals surface area (Å²) < 4.78 is 7.40. The van der Waals surface area contributed by atoms with Gasteiger partial charge >= 0.3 is 0 Å². The van der Waals surface area contributed by atoms with E-state index in [1.165, 1.54) is 7.11 Å². The first-order valence-corrected chi connectivity index (χ1v) is 8.48. The summed E-state index contributed by atoms with van der Waals surface area (Å²) in [5, 5.41) is 27.9. The molecule has 1 aromatic heterocycles. The number of rotatable bonds is 4. The summed E-state index contributed by atoms with van der Waals surface area (Å²) in [6.07, 6.45) is 1.67. The lowest BCUT2D eigenvalue weighted by molar-refractivity contribution is 0.372. The predicted octanol–water partition coefficient (Wildman–Crippen LogP) is 4.02. The summed E-state index contributed by atoms with van der Waals surface area (Å²) in [6, 6.07) is 15.1. The predicted molar refractivity (Wildman–Crippen MR) is 102 cm³/mol. The van der Waals surface area contributed by atoms with Gasteiger partial charge in [0.25, 0.3) is 0 Å². The van der Waals surface area contributed by atoms with Gasteiger partial charge in [-0.05, 0) is 39.7 Å². The van der Waals surface area contributed by atoms with Crippen molar-refractivity contribution in [2.45, 2.75) is 0 Å². The quantitative estimate of drug-likeness (QED) is 0.656. The second-order valence-corrected chi connectivity index (χ2v) is 6.35. The van der Waals surface area contributed by atoms with Crippen molar-refractivity contribution in [3.8, 4) is 29.0 Å². The number of methoxy groups -OCH3 is 1. The van der Waals surface area contributed by atoms with Crippen LogP contribution in [0.4, 0.5) is 0 Å². The highest BCUT2D eigenvalue weighted by atomic mass is 79.9. The fraction of sp³-hybridized carbons (Fsp3) is 0.105. The molecule has 0 saturated heterocycles. The number of allylic oxidation sites excluding steroid dienone is 1. The van der Waals surface area contributed by atoms with Crippen molar-refractivity contribution >= 4 is 27.6 Å². The number of phenolic OH excluding ortho intramolecular Hbond substituents is 1. The minimum atomic E-state index is 0.00757. The zero-order valence-electron chi connectivity index (χ0n) is 14.1. The van der Waals surface area contributed by atoms with Gasteiger partial charge in [-0.1, -0.05) is 30.3 Å². The second-order valence-electron chi connectivity index (χ2n) is 5.50. The Morgan fingerprint density at radius 1 is 1.27 bits per heavy atom. The molecule has 0 unspecified atom stereocenters. The van der Waals surface area contributed by atoms with Crippen LogP contribution < -0.4 is 4.74 Å². The third-order valence-electron chi connectivity index (χ3n) is 3.85. The number of ether oxygens (including phenoxy) is 1. The molecule has 0 amide bonds. The van der Waals surface area contributed by atoms with Crippen LogP contribution in [0.2, 0.25) is 0 Å². The van der Waals surface area contributed by atoms with Crippen LogP contribution in [-0.4, -0.2) is 27.0 Å². The lowest BCUT2D eigenvalue weighted by Crippen LogP contribution is -1.98. The summed E-state index contributed by atoms with van der Waals surface area (Å²) in [6.45, 7) is 0. The van der Waals surface area contributed by atoms with Gasteiger partial charge in [-0.15, -0.1) is 10.2 Å². The van der Waals surface area contributed by atoms with Gasteiger partial charge in [0.15, 0.2) is 23.1 Å². The minimum Gasteiger partial charge on any atom is -0.503 e. The van der Waals surface area contributed by atoms with Crippen LogP contribution in [0.15, 0.2) is 46.9 Å². The lowest BCUT2D eigenvalue weighted by atomic mass is 10.1. The van der Waals surface area contributed by atoms with E-state index in [9.17, 15) is 10.4 Å². The SMILES string of the molecule is COc1cc(C=C(C#N)c2nnc(-c3ccccc3)n2C)cc(Br)c1O. The highest BCUT2D eigenvalue weighted by molar-refractivity contribution is 9.10. The molecule has 0 fully saturated rings. The number of benzene rings is 2. The zero-order chi connectivity index (χ0) is 18.7. The molecule has 0 aliphatic rings. The summed E-state index contributed by atoms with van der Waals surface area (Å²) >= 11 is 3.28. The fourth-order valence-corrected chi connectivity index (χ4v) is 3.01. The van der Waals surface area contributed by atoms with Crippen molar-refractivity contribution in [3.05, 3.63) is 58.3 Å². The number of nitrogens with zero attached hydrogens (tertiary/aromatic N) is 4. The molecule has 1 N–H and O–H groups in total. The fourth-order valence-electron chi connectivity index (χ4n) is 2.55. The lowest BCUT2D eigenvalue weighted by Gasteiger charge is -2.07. The van der Waals surface area contributed by atoms with Crippen LogP contribution in [0.3, 0.4) is 0 Å². The largest absolute Gasteiger partial charge is 0.503 e. The van der Waals surface area contributed by atoms with E-state index >= 15 is 0 Å². The molecule has 1 heterocycles. The van der Waals surface area contributed by atoms with Crippen molar-refractivity contribution in [3.63, 3.8) is 0 Å². The number of aromatic hydroxyl groups is 1. The maximum atomic E-state index is 9.92. The average Bonchev–Trinajstić information content (AvgIpc) is 3.04. The highest BCUT2D eigenvalue weighted by Gasteiger charge is 2.15. The normalized spacial score (nSPS) is 11.2. The maximum absolute atomic E-state index is 9.92. The first kappa shape index (κ1) is 17.7. The van der Waals surface area contributed by atoms with E-state index < -0.39 is 0 Å². The van der Waals surface area contributed by atoms with E-state index in [4.69, 9.17) is 4.74 Å². The first-order chi connectivity index (χ1) is 12.5. The monoisotopic (exact) mass is 410 g/mol. The number of phenols is 1. The molecule has 0 saturated carbocycles. The van der Waals surface area contributed by atoms with Gasteiger partial charge in [-0.25, -0.2) is 0 Å². The van der Waals surface area contributed by atoms with Gasteiger partial charge in [0.2, 0.25) is 0 Å². The summed E-state index contributed by atoms with van der Waals surface area (Å²) in [5.74, 6) is 1.44. The number of nitriles is 1. The summed E-state index contributed by atoms with van der Waals surface area (Å²) in [7, 11) is 3.28. The first-order valence-electron chi connectivity index (χ1n) is 7.68. The van der Waals surface area contributed by atoms with Crippen LogP contribution in [0.25, 0.3) is 23.0 Å². The van der Waals surface area contributed by atoms with E-state index in [-0.39, 0.29) is 5.75 Å². The van der Waals surface area contributed by atoms with Crippen LogP contribution >= 0.6 is 15.9 Å². The zero-order valence-corrected chi connectivity index (χ0v) is 15.7. The van der Waals surface area contributed by atoms with Gasteiger partial charge in [0.05, 0.1) is 17.2 Å². The van der Waals surface area contributed by atoms with E-state index in [1.807, 2.05) is 37.4 Å². The molecule has 3 aromatic rings. The smallest absolute Gasteiger partial charge is 0.174 e. The number of hydrogen-bond acceptors (Lipinski definition) is 5. The Bertz CT molecular complexity index is 1020. The summed E-state index contributed by atoms with van der Waals surface area (Å²) in [5.41, 5.74) is 1.95. The third-order valence-corrected chi connectivity index (χ3v) is 4.45. The molecule has 0 spiro atoms. The molecule has 2 aromatic carbocycles. The Kier molecular flexibility index (Phi) is 5.05. The molecule has 0 aliphatic heterocycles. The van der Waals surface area contributed by atoms with Crippen molar-refractivity contribution in [2.24, 2.45) is 7.05 Å². The van der Waals surface area contributed by atoms with Gasteiger partial charge in [0, 0.05) is 12.6 Å². The van der Waals surface area contributed by atoms with Gasteiger partial charge in [-0.3, -0.25) is 0 Å². The number of hydrogen-bond donors (Lipinski definition) is 1. The van der Waals surface area contributed by atoms with Gasteiger partial charge in [0.1, 0.15) is 6.07 Å². The van der Waals surface area contributed by atoms with Crippen LogP contribution in [-0.2, 0) is 7.05 Å². The molecule has 0 atom stereocenters. The van der Waals surface area contributed by atoms with Crippen LogP contribution in [0, 0.1) is 11.3 Å². The van der Waals surface area contributed by atoms with Crippen molar-refractivity contribution in [1.29, 1.82) is 5.26 Å². The van der Waals surface area contributed by atoms with E-state index in [0.29, 0.717) is 33.0 Å². The van der Waals surface area contributed by atoms with E-state index in [0.717, 1.165) is 5.56 Å². The third kappa shape index (κ3) is 3.32. The Labute approximate surface area is 159 Å². The molecular formula is C19H15BrN4O2. The Morgan fingerprint density at radius 3 is 2.65 bits per heavy atom. The van der Waals surface area contributed by atoms with Crippen LogP contribution in [0.5, 0.6) is 11.5 Å². The topological polar surface area (TPSA) is 84.0 Å². The molecule has 7 heteroatoms. The molecule has 3 rings (SSSR count). The molecule has 130 valence electrons. The highest BCUT2D eigenvalue weighted by Crippen LogP contribution is 2.36. The molecule has 0 bridgehead atoms. The molecule has 0 radical (unpaired) electrons. The average molecular weight is 411 g/mol. The molecular weight excluding hydrogens is 396 g/mol. The number of aromatic nitrogens is 3. The Hall–Kier alpha value is -3.11. The van der Waals surface area contributed by atoms with Gasteiger partial charge in [-0.2, -0.15) is 5.26 Å². The van der Waals surface area contributed by atoms with Crippen molar-refractivity contribution in [2.75, 3.05) is 7.11 Å². The van der Waals surface area contributed by atoms with E-state index in [1.54, 1.807) is 22.8 Å². The minimum absolute atomic E-state index is 0.00757. The summed E-state index contributed by atoms with van der Waals surface area (Å²) in [4.78, 5) is 0. The van der Waals surface area contributed by atoms with Gasteiger partial charge < -0.3 is 14.4 Å².